The molecule has 7 nitrogen and oxygen atoms in total. The quantitative estimate of drug-likeness (QED) is 0.731. The van der Waals surface area contributed by atoms with E-state index in [0.717, 1.165) is 0 Å². The molecular weight excluding hydrogens is 308 g/mol. The van der Waals surface area contributed by atoms with E-state index >= 15 is 0 Å². The maximum Gasteiger partial charge on any atom is 0.309 e. The van der Waals surface area contributed by atoms with Crippen LogP contribution in [0, 0.1) is 5.92 Å². The average Bonchev–Trinajstić information content (AvgIpc) is 2.46. The lowest BCUT2D eigenvalue weighted by Gasteiger charge is -2.12. The summed E-state index contributed by atoms with van der Waals surface area (Å²) < 4.78 is 27.1. The molecule has 22 heavy (non-hydrogen) atoms. The first kappa shape index (κ1) is 18.1. The lowest BCUT2D eigenvalue weighted by molar-refractivity contribution is -0.151. The molecule has 0 spiro atoms. The number of carbonyl (C=O) groups excluding carboxylic acids is 2. The number of nitrogens with two attached hydrogens (primary N) is 1. The number of hydrogen-bond acceptors (Lipinski definition) is 5. The van der Waals surface area contributed by atoms with Crippen molar-refractivity contribution in [1.82, 2.24) is 0 Å². The van der Waals surface area contributed by atoms with E-state index in [1.54, 1.807) is 0 Å². The molecule has 122 valence electrons. The van der Waals surface area contributed by atoms with Gasteiger partial charge >= 0.3 is 5.97 Å². The van der Waals surface area contributed by atoms with Gasteiger partial charge in [-0.15, -0.1) is 0 Å². The van der Waals surface area contributed by atoms with E-state index in [2.05, 4.69) is 5.32 Å². The second-order valence-corrected chi connectivity index (χ2v) is 6.30. The Hall–Kier alpha value is -1.93. The number of nitrogens with one attached hydrogen (secondary N) is 1. The minimum Gasteiger partial charge on any atom is -0.455 e. The van der Waals surface area contributed by atoms with Gasteiger partial charge in [-0.05, 0) is 37.1 Å². The molecule has 3 N–H and O–H groups in total. The van der Waals surface area contributed by atoms with Gasteiger partial charge in [0.15, 0.2) is 6.61 Å². The standard InChI is InChI=1S/C14H20N2O5S/c1-3-10(4-2)14(18)21-9-13(17)16-11-5-7-12(8-6-11)22(15,19)20/h5-8,10H,3-4,9H2,1-2H3,(H,16,17)(H2,15,19,20). The lowest BCUT2D eigenvalue weighted by Crippen LogP contribution is -2.24. The van der Waals surface area contributed by atoms with Crippen molar-refractivity contribution < 1.29 is 22.7 Å². The molecule has 0 aliphatic heterocycles. The first-order chi connectivity index (χ1) is 10.3. The smallest absolute Gasteiger partial charge is 0.309 e. The van der Waals surface area contributed by atoms with Crippen LogP contribution in [-0.4, -0.2) is 26.9 Å². The summed E-state index contributed by atoms with van der Waals surface area (Å²) in [7, 11) is -3.77. The molecule has 0 bridgehead atoms. The van der Waals surface area contributed by atoms with Crippen LogP contribution in [0.2, 0.25) is 0 Å². The minimum atomic E-state index is -3.77. The monoisotopic (exact) mass is 328 g/mol. The van der Waals surface area contributed by atoms with Crippen molar-refractivity contribution >= 4 is 27.6 Å². The number of hydrogen-bond donors (Lipinski definition) is 2. The van der Waals surface area contributed by atoms with Crippen molar-refractivity contribution in [3.05, 3.63) is 24.3 Å². The summed E-state index contributed by atoms with van der Waals surface area (Å²) in [6.07, 6.45) is 1.32. The van der Waals surface area contributed by atoms with Crippen molar-refractivity contribution in [2.75, 3.05) is 11.9 Å². The zero-order valence-corrected chi connectivity index (χ0v) is 13.4. The zero-order chi connectivity index (χ0) is 16.8. The van der Waals surface area contributed by atoms with E-state index in [1.165, 1.54) is 24.3 Å². The zero-order valence-electron chi connectivity index (χ0n) is 12.5. The highest BCUT2D eigenvalue weighted by molar-refractivity contribution is 7.89. The summed E-state index contributed by atoms with van der Waals surface area (Å²) in [6, 6.07) is 5.36. The second kappa shape index (κ2) is 7.90. The number of anilines is 1. The SMILES string of the molecule is CCC(CC)C(=O)OCC(=O)Nc1ccc(S(N)(=O)=O)cc1. The van der Waals surface area contributed by atoms with Crippen molar-refractivity contribution in [3.63, 3.8) is 0 Å². The number of benzene rings is 1. The fraction of sp³-hybridized carbons (Fsp3) is 0.429. The Morgan fingerprint density at radius 3 is 2.18 bits per heavy atom. The van der Waals surface area contributed by atoms with Crippen LogP contribution in [0.4, 0.5) is 5.69 Å². The van der Waals surface area contributed by atoms with Crippen LogP contribution in [0.5, 0.6) is 0 Å². The molecule has 1 rings (SSSR count). The van der Waals surface area contributed by atoms with Crippen LogP contribution in [0.1, 0.15) is 26.7 Å². The van der Waals surface area contributed by atoms with Gasteiger partial charge in [0.1, 0.15) is 0 Å². The normalized spacial score (nSPS) is 11.3. The average molecular weight is 328 g/mol. The fourth-order valence-electron chi connectivity index (χ4n) is 1.80. The van der Waals surface area contributed by atoms with Crippen LogP contribution < -0.4 is 10.5 Å². The molecule has 0 atom stereocenters. The van der Waals surface area contributed by atoms with Crippen molar-refractivity contribution in [3.8, 4) is 0 Å². The van der Waals surface area contributed by atoms with Crippen LogP contribution in [0.25, 0.3) is 0 Å². The number of amides is 1. The summed E-state index contributed by atoms with van der Waals surface area (Å²) in [5.41, 5.74) is 0.385. The highest BCUT2D eigenvalue weighted by atomic mass is 32.2. The predicted molar refractivity (Wildman–Crippen MR) is 81.5 cm³/mol. The Morgan fingerprint density at radius 2 is 1.73 bits per heavy atom. The molecule has 0 heterocycles. The number of primary sulfonamides is 1. The van der Waals surface area contributed by atoms with Gasteiger partial charge in [0.2, 0.25) is 10.0 Å². The van der Waals surface area contributed by atoms with Crippen LogP contribution in [-0.2, 0) is 24.3 Å². The van der Waals surface area contributed by atoms with Gasteiger partial charge < -0.3 is 10.1 Å². The molecule has 1 aromatic carbocycles. The van der Waals surface area contributed by atoms with Crippen molar-refractivity contribution in [1.29, 1.82) is 0 Å². The summed E-state index contributed by atoms with van der Waals surface area (Å²) in [4.78, 5) is 23.3. The lowest BCUT2D eigenvalue weighted by atomic mass is 10.0. The first-order valence-corrected chi connectivity index (χ1v) is 8.41. The summed E-state index contributed by atoms with van der Waals surface area (Å²) >= 11 is 0. The number of sulfonamides is 1. The van der Waals surface area contributed by atoms with E-state index in [1.807, 2.05) is 13.8 Å². The predicted octanol–water partition coefficient (Wildman–Crippen LogP) is 1.25. The topological polar surface area (TPSA) is 116 Å². The highest BCUT2D eigenvalue weighted by Crippen LogP contribution is 2.13. The number of ether oxygens (including phenoxy) is 1. The molecule has 0 radical (unpaired) electrons. The van der Waals surface area contributed by atoms with E-state index in [0.29, 0.717) is 18.5 Å². The fourth-order valence-corrected chi connectivity index (χ4v) is 2.32. The van der Waals surface area contributed by atoms with Crippen molar-refractivity contribution in [2.45, 2.75) is 31.6 Å². The Morgan fingerprint density at radius 1 is 1.18 bits per heavy atom. The van der Waals surface area contributed by atoms with E-state index in [9.17, 15) is 18.0 Å². The third kappa shape index (κ3) is 5.45. The van der Waals surface area contributed by atoms with Crippen LogP contribution in [0.3, 0.4) is 0 Å². The minimum absolute atomic E-state index is 0.0503. The van der Waals surface area contributed by atoms with Gasteiger partial charge in [-0.2, -0.15) is 0 Å². The van der Waals surface area contributed by atoms with E-state index in [-0.39, 0.29) is 17.4 Å². The molecular formula is C14H20N2O5S. The maximum atomic E-state index is 11.7. The second-order valence-electron chi connectivity index (χ2n) is 4.74. The van der Waals surface area contributed by atoms with Gasteiger partial charge in [-0.3, -0.25) is 9.59 Å². The molecule has 0 aliphatic carbocycles. The molecule has 1 aromatic rings. The molecule has 0 unspecified atom stereocenters. The Labute approximate surface area is 129 Å². The number of esters is 1. The third-order valence-corrected chi connectivity index (χ3v) is 4.06. The third-order valence-electron chi connectivity index (χ3n) is 3.13. The Kier molecular flexibility index (Phi) is 6.51. The molecule has 1 amide bonds. The van der Waals surface area contributed by atoms with E-state index < -0.39 is 21.9 Å². The molecule has 0 aromatic heterocycles. The number of carbonyl (C=O) groups is 2. The molecule has 0 saturated heterocycles. The molecule has 0 fully saturated rings. The largest absolute Gasteiger partial charge is 0.455 e. The first-order valence-electron chi connectivity index (χ1n) is 6.87. The maximum absolute atomic E-state index is 11.7. The van der Waals surface area contributed by atoms with Gasteiger partial charge in [-0.1, -0.05) is 13.8 Å². The highest BCUT2D eigenvalue weighted by Gasteiger charge is 2.17. The summed E-state index contributed by atoms with van der Waals surface area (Å²) in [5.74, 6) is -1.10. The molecule has 8 heteroatoms. The summed E-state index contributed by atoms with van der Waals surface area (Å²) in [6.45, 7) is 3.37. The molecule has 0 saturated carbocycles. The van der Waals surface area contributed by atoms with Crippen LogP contribution >= 0.6 is 0 Å². The van der Waals surface area contributed by atoms with Crippen molar-refractivity contribution in [2.24, 2.45) is 11.1 Å². The number of rotatable bonds is 7. The van der Waals surface area contributed by atoms with Crippen LogP contribution in [0.15, 0.2) is 29.2 Å². The van der Waals surface area contributed by atoms with Gasteiger partial charge in [0.25, 0.3) is 5.91 Å². The van der Waals surface area contributed by atoms with Gasteiger partial charge in [-0.25, -0.2) is 13.6 Å². The van der Waals surface area contributed by atoms with E-state index in [4.69, 9.17) is 9.88 Å². The van der Waals surface area contributed by atoms with Gasteiger partial charge in [0.05, 0.1) is 10.8 Å². The molecule has 0 aliphatic rings. The Bertz CT molecular complexity index is 621. The Balaban J connectivity index is 2.54. The summed E-state index contributed by atoms with van der Waals surface area (Å²) in [5, 5.41) is 7.47. The van der Waals surface area contributed by atoms with Gasteiger partial charge in [0, 0.05) is 5.69 Å².